The summed E-state index contributed by atoms with van der Waals surface area (Å²) in [4.78, 5) is 12.0. The molecule has 52 valence electrons. The van der Waals surface area contributed by atoms with Gasteiger partial charge in [-0.3, -0.25) is 4.79 Å². The Hall–Kier alpha value is -1.22. The molecule has 0 spiro atoms. The van der Waals surface area contributed by atoms with Crippen molar-refractivity contribution in [2.45, 2.75) is 6.92 Å². The van der Waals surface area contributed by atoms with Gasteiger partial charge >= 0.3 is 5.97 Å². The summed E-state index contributed by atoms with van der Waals surface area (Å²) in [6, 6.07) is 0. The van der Waals surface area contributed by atoms with Gasteiger partial charge < -0.3 is 4.74 Å². The smallest absolute Gasteiger partial charge is 0.302 e. The van der Waals surface area contributed by atoms with Crippen LogP contribution in [0.5, 0.6) is 0 Å². The molecule has 0 saturated heterocycles. The molecule has 0 atom stereocenters. The Bertz CT molecular complexity index is 117. The number of hydrogen-bond donors (Lipinski definition) is 0. The monoisotopic (exact) mass is 131 g/mol. The number of methoxy groups -OCH3 is 1. The molecular formula is C4H9N3O2. The van der Waals surface area contributed by atoms with Gasteiger partial charge in [-0.1, -0.05) is 5.11 Å². The summed E-state index contributed by atoms with van der Waals surface area (Å²) >= 11 is 0. The Kier molecular flexibility index (Phi) is 11.8. The van der Waals surface area contributed by atoms with Crippen molar-refractivity contribution in [1.29, 1.82) is 0 Å². The van der Waals surface area contributed by atoms with Crippen LogP contribution < -0.4 is 0 Å². The number of carbonyl (C=O) groups excluding carboxylic acids is 1. The number of ether oxygens (including phenoxy) is 1. The van der Waals surface area contributed by atoms with Gasteiger partial charge in [-0.05, 0) is 5.53 Å². The normalized spacial score (nSPS) is 5.67. The Morgan fingerprint density at radius 1 is 1.78 bits per heavy atom. The third kappa shape index (κ3) is 48.9. The summed E-state index contributed by atoms with van der Waals surface area (Å²) in [7, 11) is 2.74. The summed E-state index contributed by atoms with van der Waals surface area (Å²) in [6.07, 6.45) is 0. The van der Waals surface area contributed by atoms with Gasteiger partial charge in [-0.25, -0.2) is 0 Å². The molecular weight excluding hydrogens is 122 g/mol. The van der Waals surface area contributed by atoms with E-state index in [0.29, 0.717) is 0 Å². The fraction of sp³-hybridized carbons (Fsp3) is 0.750. The highest BCUT2D eigenvalue weighted by molar-refractivity contribution is 5.65. The van der Waals surface area contributed by atoms with Crippen molar-refractivity contribution in [3.63, 3.8) is 0 Å². The third-order valence-corrected chi connectivity index (χ3v) is 0.377. The number of hydrogen-bond acceptors (Lipinski definition) is 3. The molecule has 0 aliphatic carbocycles. The molecule has 5 nitrogen and oxygen atoms in total. The van der Waals surface area contributed by atoms with Crippen LogP contribution >= 0.6 is 0 Å². The zero-order valence-electron chi connectivity index (χ0n) is 5.66. The van der Waals surface area contributed by atoms with Crippen molar-refractivity contribution >= 4 is 5.97 Å². The lowest BCUT2D eigenvalue weighted by molar-refractivity contribution is -0.137. The predicted molar refractivity (Wildman–Crippen MR) is 32.8 cm³/mol. The Morgan fingerprint density at radius 2 is 2.00 bits per heavy atom. The molecule has 9 heavy (non-hydrogen) atoms. The summed E-state index contributed by atoms with van der Waals surface area (Å²) in [5.74, 6) is -0.245. The molecule has 0 heterocycles. The molecule has 0 fully saturated rings. The van der Waals surface area contributed by atoms with Crippen LogP contribution in [0.3, 0.4) is 0 Å². The number of rotatable bonds is 0. The highest BCUT2D eigenvalue weighted by Gasteiger charge is 1.75. The lowest BCUT2D eigenvalue weighted by atomic mass is 10.8. The first-order valence-corrected chi connectivity index (χ1v) is 2.16. The van der Waals surface area contributed by atoms with Gasteiger partial charge in [0.2, 0.25) is 0 Å². The van der Waals surface area contributed by atoms with Crippen LogP contribution in [0.4, 0.5) is 0 Å². The van der Waals surface area contributed by atoms with E-state index in [9.17, 15) is 4.79 Å². The lowest BCUT2D eigenvalue weighted by Crippen LogP contribution is -1.88. The van der Waals surface area contributed by atoms with Gasteiger partial charge in [-0.2, -0.15) is 0 Å². The van der Waals surface area contributed by atoms with E-state index in [2.05, 4.69) is 14.8 Å². The highest BCUT2D eigenvalue weighted by Crippen LogP contribution is 1.60. The standard InChI is InChI=1S/C3H6O2.CH3N3/c1-3(4)5-2;1-3-4-2/h1-2H3;1H3. The van der Waals surface area contributed by atoms with Crippen molar-refractivity contribution < 1.29 is 9.53 Å². The molecule has 0 aliphatic heterocycles. The molecule has 0 aromatic carbocycles. The maximum absolute atomic E-state index is 9.59. The SMILES string of the molecule is CN=[N+]=[N-].COC(C)=O. The van der Waals surface area contributed by atoms with E-state index >= 15 is 0 Å². The Morgan fingerprint density at radius 3 is 2.00 bits per heavy atom. The summed E-state index contributed by atoms with van der Waals surface area (Å²) in [5.41, 5.74) is 7.33. The van der Waals surface area contributed by atoms with Crippen LogP contribution in [0.25, 0.3) is 10.4 Å². The summed E-state index contributed by atoms with van der Waals surface area (Å²) in [6.45, 7) is 1.36. The van der Waals surface area contributed by atoms with Crippen molar-refractivity contribution in [2.24, 2.45) is 5.11 Å². The third-order valence-electron chi connectivity index (χ3n) is 0.377. The van der Waals surface area contributed by atoms with Crippen LogP contribution in [0, 0.1) is 0 Å². The first-order valence-electron chi connectivity index (χ1n) is 2.16. The van der Waals surface area contributed by atoms with Gasteiger partial charge in [0.05, 0.1) is 7.11 Å². The fourth-order valence-corrected chi connectivity index (χ4v) is 0. The van der Waals surface area contributed by atoms with E-state index in [1.54, 1.807) is 0 Å². The molecule has 0 radical (unpaired) electrons. The highest BCUT2D eigenvalue weighted by atomic mass is 16.5. The van der Waals surface area contributed by atoms with E-state index in [1.165, 1.54) is 21.1 Å². The maximum Gasteiger partial charge on any atom is 0.302 e. The minimum absolute atomic E-state index is 0.245. The molecule has 0 bridgehead atoms. The molecule has 0 unspecified atom stereocenters. The average molecular weight is 131 g/mol. The molecule has 0 rings (SSSR count). The van der Waals surface area contributed by atoms with Gasteiger partial charge in [0, 0.05) is 18.9 Å². The zero-order valence-corrected chi connectivity index (χ0v) is 5.66. The number of carbonyl (C=O) groups is 1. The van der Waals surface area contributed by atoms with Gasteiger partial charge in [0.1, 0.15) is 0 Å². The zero-order chi connectivity index (χ0) is 7.70. The number of esters is 1. The first kappa shape index (κ1) is 10.7. The van der Waals surface area contributed by atoms with Gasteiger partial charge in [-0.15, -0.1) is 0 Å². The van der Waals surface area contributed by atoms with Crippen molar-refractivity contribution in [2.75, 3.05) is 14.2 Å². The second-order valence-electron chi connectivity index (χ2n) is 0.985. The van der Waals surface area contributed by atoms with Crippen LogP contribution in [0.1, 0.15) is 6.92 Å². The minimum atomic E-state index is -0.245. The topological polar surface area (TPSA) is 75.1 Å². The number of azide groups is 1. The number of nitrogens with zero attached hydrogens (tertiary/aromatic N) is 3. The van der Waals surface area contributed by atoms with E-state index in [4.69, 9.17) is 5.53 Å². The van der Waals surface area contributed by atoms with Crippen LogP contribution in [0.2, 0.25) is 0 Å². The predicted octanol–water partition coefficient (Wildman–Crippen LogP) is 1.11. The quantitative estimate of drug-likeness (QED) is 0.213. The van der Waals surface area contributed by atoms with E-state index in [-0.39, 0.29) is 5.97 Å². The van der Waals surface area contributed by atoms with E-state index in [1.807, 2.05) is 0 Å². The maximum atomic E-state index is 9.59. The molecule has 0 N–H and O–H groups in total. The van der Waals surface area contributed by atoms with Crippen LogP contribution in [-0.4, -0.2) is 20.1 Å². The van der Waals surface area contributed by atoms with E-state index in [0.717, 1.165) is 0 Å². The van der Waals surface area contributed by atoms with E-state index < -0.39 is 0 Å². The van der Waals surface area contributed by atoms with Crippen LogP contribution in [-0.2, 0) is 9.53 Å². The van der Waals surface area contributed by atoms with Gasteiger partial charge in [0.15, 0.2) is 0 Å². The molecule has 0 saturated carbocycles. The Labute approximate surface area is 53.2 Å². The van der Waals surface area contributed by atoms with Crippen molar-refractivity contribution in [1.82, 2.24) is 0 Å². The first-order chi connectivity index (χ1) is 4.18. The van der Waals surface area contributed by atoms with Crippen molar-refractivity contribution in [3.05, 3.63) is 10.4 Å². The second-order valence-corrected chi connectivity index (χ2v) is 0.985. The molecule has 0 aromatic heterocycles. The average Bonchev–Trinajstić information content (AvgIpc) is 1.89. The lowest BCUT2D eigenvalue weighted by Gasteiger charge is -1.80. The fourth-order valence-electron chi connectivity index (χ4n) is 0. The Balaban J connectivity index is 0. The largest absolute Gasteiger partial charge is 0.469 e. The molecule has 0 amide bonds. The van der Waals surface area contributed by atoms with Crippen LogP contribution in [0.15, 0.2) is 5.11 Å². The minimum Gasteiger partial charge on any atom is -0.469 e. The molecule has 0 aliphatic rings. The van der Waals surface area contributed by atoms with Gasteiger partial charge in [0.25, 0.3) is 0 Å². The van der Waals surface area contributed by atoms with Crippen molar-refractivity contribution in [3.8, 4) is 0 Å². The molecule has 5 heteroatoms. The summed E-state index contributed by atoms with van der Waals surface area (Å²) < 4.78 is 4.11. The summed E-state index contributed by atoms with van der Waals surface area (Å²) in [5, 5.41) is 2.92. The molecule has 0 aromatic rings. The second kappa shape index (κ2) is 9.91.